The first-order valence-corrected chi connectivity index (χ1v) is 5.39. The molecule has 7 heteroatoms. The van der Waals surface area contributed by atoms with E-state index in [1.165, 1.54) is 6.42 Å². The number of rotatable bonds is 8. The first-order valence-electron chi connectivity index (χ1n) is 5.39. The van der Waals surface area contributed by atoms with Gasteiger partial charge in [-0.25, -0.2) is 0 Å². The Labute approximate surface area is 99.6 Å². The smallest absolute Gasteiger partial charge is 0.111 e. The molecule has 0 fully saturated rings. The molecule has 0 spiro atoms. The van der Waals surface area contributed by atoms with Gasteiger partial charge >= 0.3 is 0 Å². The summed E-state index contributed by atoms with van der Waals surface area (Å²) in [5.74, 6) is 0. The van der Waals surface area contributed by atoms with Gasteiger partial charge in [-0.15, -0.1) is 0 Å². The maximum Gasteiger partial charge on any atom is 0.111 e. The summed E-state index contributed by atoms with van der Waals surface area (Å²) in [7, 11) is 0. The van der Waals surface area contributed by atoms with Gasteiger partial charge in [-0.05, 0) is 6.42 Å². The van der Waals surface area contributed by atoms with Crippen molar-refractivity contribution in [1.29, 1.82) is 0 Å². The number of aliphatic hydroxyl groups excluding tert-OH is 7. The average Bonchev–Trinajstić information content (AvgIpc) is 2.34. The van der Waals surface area contributed by atoms with E-state index in [0.717, 1.165) is 0 Å². The SMILES string of the molecule is CC[CH]C(O)C(O)C(O)C(O)C(O)C(O)CO. The summed E-state index contributed by atoms with van der Waals surface area (Å²) >= 11 is 0. The molecule has 17 heavy (non-hydrogen) atoms. The highest BCUT2D eigenvalue weighted by Gasteiger charge is 2.36. The molecule has 0 saturated carbocycles. The average molecular weight is 253 g/mol. The molecule has 7 N–H and O–H groups in total. The van der Waals surface area contributed by atoms with E-state index in [2.05, 4.69) is 0 Å². The lowest BCUT2D eigenvalue weighted by molar-refractivity contribution is -0.154. The highest BCUT2D eigenvalue weighted by Crippen LogP contribution is 2.13. The second kappa shape index (κ2) is 7.93. The molecule has 0 bridgehead atoms. The second-order valence-electron chi connectivity index (χ2n) is 3.85. The normalized spacial score (nSPS) is 22.6. The van der Waals surface area contributed by atoms with E-state index < -0.39 is 43.2 Å². The lowest BCUT2D eigenvalue weighted by atomic mass is 9.95. The van der Waals surface area contributed by atoms with E-state index in [1.54, 1.807) is 6.92 Å². The van der Waals surface area contributed by atoms with Crippen LogP contribution in [0.2, 0.25) is 0 Å². The fourth-order valence-electron chi connectivity index (χ4n) is 1.32. The molecule has 0 aliphatic carbocycles. The Morgan fingerprint density at radius 3 is 1.71 bits per heavy atom. The topological polar surface area (TPSA) is 142 Å². The first kappa shape index (κ1) is 16.7. The van der Waals surface area contributed by atoms with E-state index >= 15 is 0 Å². The van der Waals surface area contributed by atoms with Gasteiger partial charge in [0.25, 0.3) is 0 Å². The Morgan fingerprint density at radius 2 is 1.29 bits per heavy atom. The fraction of sp³-hybridized carbons (Fsp3) is 0.900. The maximum atomic E-state index is 9.47. The van der Waals surface area contributed by atoms with Crippen LogP contribution in [0.25, 0.3) is 0 Å². The van der Waals surface area contributed by atoms with E-state index in [1.807, 2.05) is 0 Å². The molecular weight excluding hydrogens is 232 g/mol. The van der Waals surface area contributed by atoms with Crippen LogP contribution in [0.15, 0.2) is 0 Å². The highest BCUT2D eigenvalue weighted by molar-refractivity contribution is 4.91. The zero-order valence-electron chi connectivity index (χ0n) is 9.59. The molecule has 0 aliphatic rings. The van der Waals surface area contributed by atoms with Crippen LogP contribution in [-0.4, -0.2) is 79.0 Å². The van der Waals surface area contributed by atoms with Gasteiger partial charge in [0.1, 0.15) is 30.5 Å². The molecule has 0 aromatic heterocycles. The van der Waals surface area contributed by atoms with Crippen LogP contribution in [0.3, 0.4) is 0 Å². The van der Waals surface area contributed by atoms with Gasteiger partial charge in [0, 0.05) is 0 Å². The molecule has 7 nitrogen and oxygen atoms in total. The van der Waals surface area contributed by atoms with E-state index in [4.69, 9.17) is 10.2 Å². The van der Waals surface area contributed by atoms with Gasteiger partial charge in [0.2, 0.25) is 0 Å². The summed E-state index contributed by atoms with van der Waals surface area (Å²) in [6.45, 7) is 0.911. The quantitative estimate of drug-likeness (QED) is 0.241. The molecule has 0 aromatic carbocycles. The third kappa shape index (κ3) is 4.84. The minimum atomic E-state index is -1.88. The first-order chi connectivity index (χ1) is 7.86. The Bertz CT molecular complexity index is 201. The van der Waals surface area contributed by atoms with Crippen molar-refractivity contribution in [1.82, 2.24) is 0 Å². The van der Waals surface area contributed by atoms with E-state index in [9.17, 15) is 25.5 Å². The Hall–Kier alpha value is -0.280. The van der Waals surface area contributed by atoms with E-state index in [-0.39, 0.29) is 0 Å². The molecule has 1 radical (unpaired) electrons. The Morgan fingerprint density at radius 1 is 0.824 bits per heavy atom. The molecule has 6 unspecified atom stereocenters. The third-order valence-electron chi connectivity index (χ3n) is 2.46. The molecule has 0 heterocycles. The largest absolute Gasteiger partial charge is 0.394 e. The zero-order chi connectivity index (χ0) is 13.6. The van der Waals surface area contributed by atoms with E-state index in [0.29, 0.717) is 6.42 Å². The van der Waals surface area contributed by atoms with Crippen molar-refractivity contribution in [3.05, 3.63) is 6.42 Å². The van der Waals surface area contributed by atoms with Gasteiger partial charge < -0.3 is 35.7 Å². The molecule has 0 saturated heterocycles. The van der Waals surface area contributed by atoms with Gasteiger partial charge in [0.05, 0.1) is 12.7 Å². The predicted molar refractivity (Wildman–Crippen MR) is 57.7 cm³/mol. The molecule has 0 aliphatic heterocycles. The summed E-state index contributed by atoms with van der Waals surface area (Å²) in [5, 5.41) is 64.6. The van der Waals surface area contributed by atoms with Crippen molar-refractivity contribution in [2.45, 2.75) is 50.0 Å². The fourth-order valence-corrected chi connectivity index (χ4v) is 1.32. The number of hydrogen-bond donors (Lipinski definition) is 7. The van der Waals surface area contributed by atoms with Crippen LogP contribution in [0, 0.1) is 6.42 Å². The van der Waals surface area contributed by atoms with Crippen LogP contribution >= 0.6 is 0 Å². The minimum absolute atomic E-state index is 0.447. The summed E-state index contributed by atoms with van der Waals surface area (Å²) < 4.78 is 0. The standard InChI is InChI=1S/C10H21O7/c1-2-3-5(12)7(14)9(16)10(17)8(15)6(13)4-11/h3,5-17H,2,4H2,1H3. The van der Waals surface area contributed by atoms with Crippen LogP contribution in [-0.2, 0) is 0 Å². The van der Waals surface area contributed by atoms with Crippen molar-refractivity contribution in [3.8, 4) is 0 Å². The summed E-state index contributed by atoms with van der Waals surface area (Å²) in [5.41, 5.74) is 0. The van der Waals surface area contributed by atoms with Crippen LogP contribution < -0.4 is 0 Å². The maximum absolute atomic E-state index is 9.47. The van der Waals surface area contributed by atoms with Crippen molar-refractivity contribution in [2.24, 2.45) is 0 Å². The molecular formula is C10H21O7. The summed E-state index contributed by atoms with van der Waals surface area (Å²) in [4.78, 5) is 0. The molecule has 0 aromatic rings. The van der Waals surface area contributed by atoms with Gasteiger partial charge in [-0.2, -0.15) is 0 Å². The lowest BCUT2D eigenvalue weighted by Gasteiger charge is -2.30. The summed E-state index contributed by atoms with van der Waals surface area (Å²) in [6, 6.07) is 0. The van der Waals surface area contributed by atoms with Crippen LogP contribution in [0.5, 0.6) is 0 Å². The van der Waals surface area contributed by atoms with Crippen molar-refractivity contribution < 1.29 is 35.7 Å². The molecule has 103 valence electrons. The Kier molecular flexibility index (Phi) is 7.80. The highest BCUT2D eigenvalue weighted by atomic mass is 16.4. The molecule has 0 rings (SSSR count). The second-order valence-corrected chi connectivity index (χ2v) is 3.85. The number of hydrogen-bond acceptors (Lipinski definition) is 7. The van der Waals surface area contributed by atoms with Gasteiger partial charge in [0.15, 0.2) is 0 Å². The van der Waals surface area contributed by atoms with Crippen LogP contribution in [0.4, 0.5) is 0 Å². The van der Waals surface area contributed by atoms with Crippen molar-refractivity contribution in [2.75, 3.05) is 6.61 Å². The van der Waals surface area contributed by atoms with Gasteiger partial charge in [-0.1, -0.05) is 13.3 Å². The Balaban J connectivity index is 4.41. The lowest BCUT2D eigenvalue weighted by Crippen LogP contribution is -2.52. The number of aliphatic hydroxyl groups is 7. The van der Waals surface area contributed by atoms with Crippen molar-refractivity contribution in [3.63, 3.8) is 0 Å². The van der Waals surface area contributed by atoms with Crippen LogP contribution in [0.1, 0.15) is 13.3 Å². The molecule has 0 amide bonds. The molecule has 6 atom stereocenters. The van der Waals surface area contributed by atoms with Crippen molar-refractivity contribution >= 4 is 0 Å². The third-order valence-corrected chi connectivity index (χ3v) is 2.46. The zero-order valence-corrected chi connectivity index (χ0v) is 9.59. The predicted octanol–water partition coefficient (Wildman–Crippen LogP) is -3.24. The summed E-state index contributed by atoms with van der Waals surface area (Å²) in [6.07, 6.45) is -8.47. The minimum Gasteiger partial charge on any atom is -0.394 e. The monoisotopic (exact) mass is 253 g/mol. The van der Waals surface area contributed by atoms with Gasteiger partial charge in [-0.3, -0.25) is 0 Å².